The standard InChI is InChI=1S/C4H6O6.2Tc/c5-1(3(7)8)2(6)4(9)10;;/h1-2,5-6H,(H,7,8)(H,9,10);;/q;2*+1/p-2. The molecule has 0 saturated carbocycles. The monoisotopic (exact) mass is 342 g/mol. The van der Waals surface area contributed by atoms with Crippen LogP contribution in [0.3, 0.4) is 0 Å². The number of aliphatic hydroxyl groups is 2. The predicted molar refractivity (Wildman–Crippen MR) is 24.2 cm³/mol. The third kappa shape index (κ3) is 3.26. The zero-order valence-corrected chi connectivity index (χ0v) is 9.15. The second-order valence-electron chi connectivity index (χ2n) is 1.68. The molecule has 0 heterocycles. The van der Waals surface area contributed by atoms with Crippen LogP contribution in [-0.4, -0.2) is 34.4 Å². The van der Waals surface area contributed by atoms with E-state index in [1.807, 2.05) is 0 Å². The molecule has 6 nitrogen and oxygen atoms in total. The molecule has 0 aromatic heterocycles. The van der Waals surface area contributed by atoms with Gasteiger partial charge in [0, 0.05) is 0 Å². The van der Waals surface area contributed by atoms with Crippen molar-refractivity contribution in [3.8, 4) is 0 Å². The molecular formula is C4H4O6Tc2. The maximum absolute atomic E-state index is 10.5. The van der Waals surface area contributed by atoms with E-state index in [4.69, 9.17) is 10.2 Å². The molecule has 0 aliphatic heterocycles. The summed E-state index contributed by atoms with van der Waals surface area (Å²) >= 11 is 2.45. The molecule has 12 heavy (non-hydrogen) atoms. The molecule has 0 rings (SSSR count). The molecule has 0 radical (unpaired) electrons. The van der Waals surface area contributed by atoms with Gasteiger partial charge in [0.05, 0.1) is 0 Å². The van der Waals surface area contributed by atoms with Gasteiger partial charge >= 0.3 is 89.5 Å². The number of rotatable bonds is 3. The average Bonchev–Trinajstić information content (AvgIpc) is 2.12. The molecule has 2 unspecified atom stereocenters. The van der Waals surface area contributed by atoms with Crippen LogP contribution in [0.15, 0.2) is 0 Å². The second-order valence-corrected chi connectivity index (χ2v) is 2.44. The third-order valence-electron chi connectivity index (χ3n) is 0.934. The van der Waals surface area contributed by atoms with Crippen LogP contribution in [0.2, 0.25) is 0 Å². The quantitative estimate of drug-likeness (QED) is 0.599. The number of aliphatic hydroxyl groups excluding tert-OH is 2. The van der Waals surface area contributed by atoms with Crippen LogP contribution in [0.4, 0.5) is 0 Å². The van der Waals surface area contributed by atoms with E-state index < -0.39 is 24.1 Å². The van der Waals surface area contributed by atoms with E-state index in [1.165, 1.54) is 38.5 Å². The molecule has 0 aliphatic carbocycles. The second kappa shape index (κ2) is 5.74. The zero-order valence-electron chi connectivity index (χ0n) is 5.44. The summed E-state index contributed by atoms with van der Waals surface area (Å²) in [6.45, 7) is 0. The van der Waals surface area contributed by atoms with E-state index >= 15 is 0 Å². The number of hydrogen-bond donors (Lipinski definition) is 2. The van der Waals surface area contributed by atoms with Crippen LogP contribution in [0.25, 0.3) is 0 Å². The van der Waals surface area contributed by atoms with E-state index in [0.29, 0.717) is 0 Å². The molecule has 2 N–H and O–H groups in total. The van der Waals surface area contributed by atoms with Gasteiger partial charge in [-0.1, -0.05) is 0 Å². The Bertz CT molecular complexity index is 162. The molecule has 2 atom stereocenters. The maximum atomic E-state index is 10.5. The molecule has 0 spiro atoms. The first kappa shape index (κ1) is 12.2. The summed E-state index contributed by atoms with van der Waals surface area (Å²) < 4.78 is 8.08. The topological polar surface area (TPSA) is 93.1 Å². The van der Waals surface area contributed by atoms with Gasteiger partial charge in [-0.15, -0.1) is 0 Å². The third-order valence-corrected chi connectivity index (χ3v) is 1.68. The summed E-state index contributed by atoms with van der Waals surface area (Å²) in [5.41, 5.74) is 0. The molecule has 0 fully saturated rings. The Morgan fingerprint density at radius 3 is 1.42 bits per heavy atom. The summed E-state index contributed by atoms with van der Waals surface area (Å²) in [4.78, 5) is 21.0. The summed E-state index contributed by atoms with van der Waals surface area (Å²) in [6, 6.07) is 0. The Morgan fingerprint density at radius 1 is 1.00 bits per heavy atom. The average molecular weight is 344 g/mol. The SMILES string of the molecule is O=C([O][Tc])C(O)C(O)C(=O)[O][Tc]. The van der Waals surface area contributed by atoms with Crippen molar-refractivity contribution >= 4 is 11.9 Å². The Hall–Kier alpha value is 0.159. The van der Waals surface area contributed by atoms with Crippen LogP contribution < -0.4 is 0 Å². The van der Waals surface area contributed by atoms with Crippen molar-refractivity contribution in [3.05, 3.63) is 0 Å². The Labute approximate surface area is 89.4 Å². The van der Waals surface area contributed by atoms with Gasteiger partial charge in [-0.3, -0.25) is 0 Å². The first-order valence-corrected chi connectivity index (χ1v) is 4.07. The van der Waals surface area contributed by atoms with Crippen molar-refractivity contribution < 1.29 is 65.3 Å². The fraction of sp³-hybridized carbons (Fsp3) is 0.500. The Balaban J connectivity index is 4.18. The first-order valence-electron chi connectivity index (χ1n) is 2.55. The summed E-state index contributed by atoms with van der Waals surface area (Å²) in [5.74, 6) is -2.21. The van der Waals surface area contributed by atoms with Crippen molar-refractivity contribution in [1.82, 2.24) is 0 Å². The normalized spacial score (nSPS) is 14.7. The van der Waals surface area contributed by atoms with Gasteiger partial charge in [-0.05, 0) is 0 Å². The van der Waals surface area contributed by atoms with Gasteiger partial charge in [0.15, 0.2) is 0 Å². The molecule has 0 aromatic carbocycles. The summed E-state index contributed by atoms with van der Waals surface area (Å²) in [7, 11) is 0. The van der Waals surface area contributed by atoms with Crippen LogP contribution >= 0.6 is 0 Å². The minimum absolute atomic E-state index is 1.11. The van der Waals surface area contributed by atoms with Crippen molar-refractivity contribution in [2.75, 3.05) is 0 Å². The van der Waals surface area contributed by atoms with Gasteiger partial charge in [-0.2, -0.15) is 0 Å². The molecule has 70 valence electrons. The van der Waals surface area contributed by atoms with Crippen molar-refractivity contribution in [1.29, 1.82) is 0 Å². The fourth-order valence-electron chi connectivity index (χ4n) is 0.349. The van der Waals surface area contributed by atoms with E-state index in [0.717, 1.165) is 0 Å². The fourth-order valence-corrected chi connectivity index (χ4v) is 0.798. The van der Waals surface area contributed by atoms with Gasteiger partial charge in [0.25, 0.3) is 0 Å². The number of carbonyl (C=O) groups is 2. The number of hydrogen-bond acceptors (Lipinski definition) is 6. The number of carbonyl (C=O) groups excluding carboxylic acids is 2. The van der Waals surface area contributed by atoms with Gasteiger partial charge in [0.1, 0.15) is 0 Å². The van der Waals surface area contributed by atoms with Gasteiger partial charge in [0.2, 0.25) is 0 Å². The first-order chi connectivity index (χ1) is 5.54. The molecular weight excluding hydrogens is 340 g/mol. The molecule has 0 saturated heterocycles. The zero-order chi connectivity index (χ0) is 9.72. The van der Waals surface area contributed by atoms with Crippen LogP contribution in [-0.2, 0) is 55.1 Å². The van der Waals surface area contributed by atoms with E-state index in [1.54, 1.807) is 0 Å². The van der Waals surface area contributed by atoms with Crippen LogP contribution in [0.1, 0.15) is 0 Å². The molecule has 8 heteroatoms. The van der Waals surface area contributed by atoms with E-state index in [9.17, 15) is 9.59 Å². The summed E-state index contributed by atoms with van der Waals surface area (Å²) in [6.07, 6.45) is -3.83. The van der Waals surface area contributed by atoms with E-state index in [2.05, 4.69) is 6.99 Å². The summed E-state index contributed by atoms with van der Waals surface area (Å²) in [5, 5.41) is 17.7. The van der Waals surface area contributed by atoms with Gasteiger partial charge in [-0.25, -0.2) is 0 Å². The Morgan fingerprint density at radius 2 is 1.25 bits per heavy atom. The van der Waals surface area contributed by atoms with Crippen molar-refractivity contribution in [2.24, 2.45) is 0 Å². The Kier molecular flexibility index (Phi) is 5.82. The van der Waals surface area contributed by atoms with Crippen LogP contribution in [0, 0.1) is 0 Å². The van der Waals surface area contributed by atoms with Gasteiger partial charge < -0.3 is 0 Å². The molecule has 0 aliphatic rings. The minimum atomic E-state index is -1.91. The van der Waals surface area contributed by atoms with E-state index in [-0.39, 0.29) is 0 Å². The molecule has 0 amide bonds. The predicted octanol–water partition coefficient (Wildman–Crippen LogP) is -2.28. The molecule has 0 aromatic rings. The van der Waals surface area contributed by atoms with Crippen molar-refractivity contribution in [3.63, 3.8) is 0 Å². The van der Waals surface area contributed by atoms with Crippen LogP contribution in [0.5, 0.6) is 0 Å². The molecule has 0 bridgehead atoms. The van der Waals surface area contributed by atoms with Crippen molar-refractivity contribution in [2.45, 2.75) is 12.2 Å².